The predicted molar refractivity (Wildman–Crippen MR) is 124 cm³/mol. The highest BCUT2D eigenvalue weighted by Crippen LogP contribution is 2.38. The zero-order valence-corrected chi connectivity index (χ0v) is 18.4. The summed E-state index contributed by atoms with van der Waals surface area (Å²) < 4.78 is 25.3. The molecule has 0 saturated heterocycles. The fourth-order valence-corrected chi connectivity index (χ4v) is 3.17. The normalized spacial score (nSPS) is 10.9. The third kappa shape index (κ3) is 6.25. The molecular weight excluding hydrogens is 447 g/mol. The Labute approximate surface area is 195 Å². The fraction of sp³-hybridized carbons (Fsp3) is 0.120. The molecule has 0 heterocycles. The van der Waals surface area contributed by atoms with E-state index in [9.17, 15) is 19.6 Å². The molecule has 8 heteroatoms. The number of carbonyl (C=O) groups is 1. The quantitative estimate of drug-likeness (QED) is 0.252. The van der Waals surface area contributed by atoms with Crippen LogP contribution >= 0.6 is 11.6 Å². The number of phenolic OH excluding ortho intramolecular Hbond substituents is 1. The number of anilines is 1. The highest BCUT2D eigenvalue weighted by molar-refractivity contribution is 6.32. The summed E-state index contributed by atoms with van der Waals surface area (Å²) in [7, 11) is 0. The van der Waals surface area contributed by atoms with Gasteiger partial charge in [0.1, 0.15) is 29.8 Å². The van der Waals surface area contributed by atoms with Gasteiger partial charge in [0, 0.05) is 11.3 Å². The van der Waals surface area contributed by atoms with Crippen LogP contribution in [0.15, 0.2) is 66.2 Å². The van der Waals surface area contributed by atoms with Gasteiger partial charge in [0.25, 0.3) is 5.91 Å². The summed E-state index contributed by atoms with van der Waals surface area (Å²) >= 11 is 6.39. The average Bonchev–Trinajstić information content (AvgIpc) is 2.79. The van der Waals surface area contributed by atoms with Gasteiger partial charge in [0.05, 0.1) is 11.6 Å². The number of hydrogen-bond donors (Lipinski definition) is 2. The van der Waals surface area contributed by atoms with Crippen LogP contribution in [0.4, 0.5) is 10.1 Å². The molecule has 0 spiro atoms. The molecule has 3 aromatic carbocycles. The number of ether oxygens (including phenoxy) is 2. The maximum absolute atomic E-state index is 13.9. The topological polar surface area (TPSA) is 91.6 Å². The molecule has 6 nitrogen and oxygen atoms in total. The molecule has 0 fully saturated rings. The zero-order valence-electron chi connectivity index (χ0n) is 17.6. The molecule has 0 aliphatic heterocycles. The van der Waals surface area contributed by atoms with E-state index in [1.54, 1.807) is 31.2 Å². The summed E-state index contributed by atoms with van der Waals surface area (Å²) in [5.74, 6) is -0.448. The summed E-state index contributed by atoms with van der Waals surface area (Å²) in [5.41, 5.74) is 1.06. The Morgan fingerprint density at radius 3 is 2.58 bits per heavy atom. The first-order valence-electron chi connectivity index (χ1n) is 9.96. The van der Waals surface area contributed by atoms with Crippen molar-refractivity contribution in [2.45, 2.75) is 13.5 Å². The number of amides is 1. The fourth-order valence-electron chi connectivity index (χ4n) is 2.90. The maximum atomic E-state index is 13.9. The summed E-state index contributed by atoms with van der Waals surface area (Å²) in [6.45, 7) is 2.04. The number of nitrogens with zero attached hydrogens (tertiary/aromatic N) is 1. The first-order chi connectivity index (χ1) is 15.9. The van der Waals surface area contributed by atoms with Crippen LogP contribution in [0.5, 0.6) is 17.2 Å². The Morgan fingerprint density at radius 2 is 1.91 bits per heavy atom. The largest absolute Gasteiger partial charge is 0.508 e. The van der Waals surface area contributed by atoms with Crippen LogP contribution in [0.1, 0.15) is 18.1 Å². The molecule has 1 amide bonds. The van der Waals surface area contributed by atoms with E-state index >= 15 is 0 Å². The van der Waals surface area contributed by atoms with Gasteiger partial charge in [-0.25, -0.2) is 4.39 Å². The van der Waals surface area contributed by atoms with Gasteiger partial charge in [0.15, 0.2) is 11.5 Å². The van der Waals surface area contributed by atoms with Crippen molar-refractivity contribution in [3.05, 3.63) is 88.2 Å². The summed E-state index contributed by atoms with van der Waals surface area (Å²) in [4.78, 5) is 12.5. The predicted octanol–water partition coefficient (Wildman–Crippen LogP) is 5.71. The minimum Gasteiger partial charge on any atom is -0.508 e. The van der Waals surface area contributed by atoms with E-state index in [1.807, 2.05) is 6.07 Å². The number of benzene rings is 3. The van der Waals surface area contributed by atoms with Crippen molar-refractivity contribution in [3.63, 3.8) is 0 Å². The first-order valence-corrected chi connectivity index (χ1v) is 10.3. The number of halogens is 2. The number of phenols is 1. The molecule has 2 N–H and O–H groups in total. The van der Waals surface area contributed by atoms with Gasteiger partial charge in [-0.1, -0.05) is 29.8 Å². The smallest absolute Gasteiger partial charge is 0.266 e. The monoisotopic (exact) mass is 466 g/mol. The lowest BCUT2D eigenvalue weighted by molar-refractivity contribution is -0.112. The maximum Gasteiger partial charge on any atom is 0.266 e. The van der Waals surface area contributed by atoms with Crippen LogP contribution in [0.2, 0.25) is 5.02 Å². The van der Waals surface area contributed by atoms with E-state index in [4.69, 9.17) is 21.1 Å². The van der Waals surface area contributed by atoms with E-state index in [0.29, 0.717) is 29.2 Å². The summed E-state index contributed by atoms with van der Waals surface area (Å²) in [5, 5.41) is 21.6. The third-order valence-electron chi connectivity index (χ3n) is 4.46. The van der Waals surface area contributed by atoms with E-state index in [-0.39, 0.29) is 28.7 Å². The highest BCUT2D eigenvalue weighted by Gasteiger charge is 2.15. The standard InChI is InChI=1S/C25H20ClFN2O4/c1-2-32-23-13-16(11-18(14-28)25(31)29-19-7-9-20(30)10-8-19)12-21(26)24(23)33-15-17-5-3-4-6-22(17)27/h3-13,30H,2,15H2,1H3,(H,29,31)/b18-11+. The molecule has 0 radical (unpaired) electrons. The zero-order chi connectivity index (χ0) is 23.8. The summed E-state index contributed by atoms with van der Waals surface area (Å²) in [6, 6.07) is 17.0. The van der Waals surface area contributed by atoms with E-state index < -0.39 is 11.7 Å². The molecule has 168 valence electrons. The van der Waals surface area contributed by atoms with Crippen molar-refractivity contribution in [3.8, 4) is 23.3 Å². The van der Waals surface area contributed by atoms with Crippen LogP contribution in [-0.4, -0.2) is 17.6 Å². The van der Waals surface area contributed by atoms with Crippen LogP contribution in [0.25, 0.3) is 6.08 Å². The van der Waals surface area contributed by atoms with Crippen molar-refractivity contribution in [1.29, 1.82) is 5.26 Å². The first kappa shape index (κ1) is 23.6. The van der Waals surface area contributed by atoms with Crippen LogP contribution in [0.3, 0.4) is 0 Å². The molecule has 0 saturated carbocycles. The SMILES string of the molecule is CCOc1cc(/C=C(\C#N)C(=O)Nc2ccc(O)cc2)cc(Cl)c1OCc1ccccc1F. The lowest BCUT2D eigenvalue weighted by Gasteiger charge is -2.15. The molecule has 0 aliphatic carbocycles. The number of aromatic hydroxyl groups is 1. The molecule has 0 aliphatic rings. The lowest BCUT2D eigenvalue weighted by atomic mass is 10.1. The second-order valence-electron chi connectivity index (χ2n) is 6.81. The van der Waals surface area contributed by atoms with Gasteiger partial charge in [-0.2, -0.15) is 5.26 Å². The van der Waals surface area contributed by atoms with Gasteiger partial charge < -0.3 is 19.9 Å². The van der Waals surface area contributed by atoms with Crippen molar-refractivity contribution in [2.75, 3.05) is 11.9 Å². The number of hydrogen-bond acceptors (Lipinski definition) is 5. The second kappa shape index (κ2) is 11.0. The molecule has 0 atom stereocenters. The van der Waals surface area contributed by atoms with E-state index in [2.05, 4.69) is 5.32 Å². The molecule has 0 aromatic heterocycles. The Kier molecular flexibility index (Phi) is 7.90. The average molecular weight is 467 g/mol. The van der Waals surface area contributed by atoms with Crippen LogP contribution in [0, 0.1) is 17.1 Å². The molecular formula is C25H20ClFN2O4. The third-order valence-corrected chi connectivity index (χ3v) is 4.74. The van der Waals surface area contributed by atoms with E-state index in [0.717, 1.165) is 0 Å². The minimum absolute atomic E-state index is 0.0551. The number of rotatable bonds is 8. The Morgan fingerprint density at radius 1 is 1.18 bits per heavy atom. The van der Waals surface area contributed by atoms with Crippen LogP contribution < -0.4 is 14.8 Å². The van der Waals surface area contributed by atoms with Gasteiger partial charge in [-0.05, 0) is 61.0 Å². The summed E-state index contributed by atoms with van der Waals surface area (Å²) in [6.07, 6.45) is 1.37. The molecule has 3 aromatic rings. The molecule has 0 unspecified atom stereocenters. The number of nitriles is 1. The van der Waals surface area contributed by atoms with Crippen molar-refractivity contribution in [1.82, 2.24) is 0 Å². The highest BCUT2D eigenvalue weighted by atomic mass is 35.5. The van der Waals surface area contributed by atoms with Crippen molar-refractivity contribution in [2.24, 2.45) is 0 Å². The van der Waals surface area contributed by atoms with Gasteiger partial charge in [-0.15, -0.1) is 0 Å². The van der Waals surface area contributed by atoms with E-state index in [1.165, 1.54) is 42.5 Å². The second-order valence-corrected chi connectivity index (χ2v) is 7.22. The minimum atomic E-state index is -0.628. The van der Waals surface area contributed by atoms with Gasteiger partial charge in [0.2, 0.25) is 0 Å². The Balaban J connectivity index is 1.85. The Hall–Kier alpha value is -4.02. The van der Waals surface area contributed by atoms with Crippen molar-refractivity contribution < 1.29 is 23.8 Å². The van der Waals surface area contributed by atoms with Crippen LogP contribution in [-0.2, 0) is 11.4 Å². The Bertz CT molecular complexity index is 1220. The van der Waals surface area contributed by atoms with Gasteiger partial charge in [-0.3, -0.25) is 4.79 Å². The number of carbonyl (C=O) groups excluding carboxylic acids is 1. The molecule has 0 bridgehead atoms. The molecule has 3 rings (SSSR count). The lowest BCUT2D eigenvalue weighted by Crippen LogP contribution is -2.13. The number of nitrogens with one attached hydrogen (secondary N) is 1. The van der Waals surface area contributed by atoms with Crippen molar-refractivity contribution >= 4 is 29.3 Å². The van der Waals surface area contributed by atoms with Gasteiger partial charge >= 0.3 is 0 Å². The molecule has 33 heavy (non-hydrogen) atoms.